The van der Waals surface area contributed by atoms with Crippen LogP contribution in [0, 0.1) is 5.92 Å². The Morgan fingerprint density at radius 3 is 1.41 bits per heavy atom. The third kappa shape index (κ3) is 4.93. The second kappa shape index (κ2) is 14.1. The van der Waals surface area contributed by atoms with Crippen molar-refractivity contribution >= 4 is 66.7 Å². The average molecular weight is 890 g/mol. The van der Waals surface area contributed by atoms with Crippen LogP contribution in [-0.4, -0.2) is 13.7 Å². The molecule has 0 bridgehead atoms. The lowest BCUT2D eigenvalue weighted by Gasteiger charge is -2.36. The zero-order valence-corrected chi connectivity index (χ0v) is 38.2. The topological polar surface area (TPSA) is 14.8 Å². The van der Waals surface area contributed by atoms with Gasteiger partial charge in [-0.25, -0.2) is 0 Å². The smallest absolute Gasteiger partial charge is 0.0542 e. The fourth-order valence-corrected chi connectivity index (χ4v) is 13.6. The minimum Gasteiger partial charge on any atom is -0.310 e. The molecule has 13 aromatic rings. The molecule has 0 saturated heterocycles. The van der Waals surface area contributed by atoms with E-state index in [2.05, 4.69) is 262 Å². The SMILES string of the molecule is C1=c2c(n(-c3ccc4c(c3)c3ccccc3n4-c3ccccc3)c3ccc(-c4ccc5c(c4)c4ccccc4n5-c4ccccc4)cc23)=CC2C1c1ccccc1C21c2ccccc2-c2ccccc21. The summed E-state index contributed by atoms with van der Waals surface area (Å²) in [6.45, 7) is 0. The fraction of sp³-hybridized carbons (Fsp3) is 0.0448. The molecule has 0 amide bonds. The van der Waals surface area contributed by atoms with Crippen LogP contribution in [0.25, 0.3) is 106 Å². The Balaban J connectivity index is 0.975. The van der Waals surface area contributed by atoms with Crippen molar-refractivity contribution in [2.45, 2.75) is 11.3 Å². The van der Waals surface area contributed by atoms with E-state index in [1.54, 1.807) is 0 Å². The molecule has 0 N–H and O–H groups in total. The molecule has 0 radical (unpaired) electrons. The van der Waals surface area contributed by atoms with Crippen molar-refractivity contribution < 1.29 is 0 Å². The Kier molecular flexibility index (Phi) is 7.66. The monoisotopic (exact) mass is 889 g/mol. The van der Waals surface area contributed by atoms with Gasteiger partial charge in [0.1, 0.15) is 0 Å². The standard InChI is InChI=1S/C67H43N3/c1-3-17-44(18-4-1)68-61-29-15-10-24-50(61)53-37-42(31-34-63(53)68)43-32-35-64-54(38-43)56-40-52-49-23-9-14-28-59(49)67(57-26-12-7-21-47(57)48-22-8-13-27-58(48)67)60(52)41-66(56)70(64)46-33-36-65-55(39-46)51-25-11-16-30-62(51)69(65)45-19-5-2-6-20-45/h1-41,52,60H. The number of rotatable bonds is 4. The molecule has 326 valence electrons. The summed E-state index contributed by atoms with van der Waals surface area (Å²) in [4.78, 5) is 0. The van der Waals surface area contributed by atoms with Crippen molar-refractivity contribution in [1.82, 2.24) is 13.7 Å². The highest BCUT2D eigenvalue weighted by Crippen LogP contribution is 2.65. The van der Waals surface area contributed by atoms with Crippen molar-refractivity contribution in [1.29, 1.82) is 0 Å². The largest absolute Gasteiger partial charge is 0.310 e. The van der Waals surface area contributed by atoms with Gasteiger partial charge in [-0.1, -0.05) is 170 Å². The molecule has 3 aliphatic rings. The van der Waals surface area contributed by atoms with Gasteiger partial charge in [0.05, 0.1) is 38.3 Å². The van der Waals surface area contributed by atoms with Crippen LogP contribution < -0.4 is 10.6 Å². The minimum atomic E-state index is -0.337. The maximum absolute atomic E-state index is 2.68. The van der Waals surface area contributed by atoms with E-state index >= 15 is 0 Å². The lowest BCUT2D eigenvalue weighted by Crippen LogP contribution is -2.40. The first kappa shape index (κ1) is 38.1. The van der Waals surface area contributed by atoms with Gasteiger partial charge in [0.2, 0.25) is 0 Å². The molecule has 0 aliphatic heterocycles. The predicted molar refractivity (Wildman–Crippen MR) is 290 cm³/mol. The van der Waals surface area contributed by atoms with Crippen molar-refractivity contribution in [3.63, 3.8) is 0 Å². The van der Waals surface area contributed by atoms with Crippen LogP contribution in [0.5, 0.6) is 0 Å². The van der Waals surface area contributed by atoms with E-state index in [0.717, 1.165) is 11.4 Å². The number of hydrogen-bond donors (Lipinski definition) is 0. The van der Waals surface area contributed by atoms with Crippen molar-refractivity contribution in [2.75, 3.05) is 0 Å². The number of aromatic nitrogens is 3. The summed E-state index contributed by atoms with van der Waals surface area (Å²) in [5.41, 5.74) is 20.0. The van der Waals surface area contributed by atoms with Crippen LogP contribution in [0.1, 0.15) is 28.2 Å². The summed E-state index contributed by atoms with van der Waals surface area (Å²) in [7, 11) is 0. The molecule has 0 saturated carbocycles. The first-order valence-electron chi connectivity index (χ1n) is 24.6. The van der Waals surface area contributed by atoms with Gasteiger partial charge in [-0.05, 0) is 123 Å². The highest BCUT2D eigenvalue weighted by atomic mass is 15.0. The van der Waals surface area contributed by atoms with Crippen molar-refractivity contribution in [3.8, 4) is 39.3 Å². The quantitative estimate of drug-likeness (QED) is 0.167. The van der Waals surface area contributed by atoms with E-state index in [4.69, 9.17) is 0 Å². The normalized spacial score (nSPS) is 16.1. The van der Waals surface area contributed by atoms with Gasteiger partial charge in [0, 0.05) is 61.0 Å². The zero-order chi connectivity index (χ0) is 45.7. The van der Waals surface area contributed by atoms with Crippen LogP contribution >= 0.6 is 0 Å². The third-order valence-electron chi connectivity index (χ3n) is 16.3. The number of fused-ring (bicyclic) bond motifs is 19. The lowest BCUT2D eigenvalue weighted by molar-refractivity contribution is 0.499. The van der Waals surface area contributed by atoms with Crippen LogP contribution in [0.4, 0.5) is 0 Å². The maximum atomic E-state index is 2.68. The molecular formula is C67H43N3. The number of nitrogens with zero attached hydrogens (tertiary/aromatic N) is 3. The molecule has 3 heteroatoms. The molecule has 16 rings (SSSR count). The molecule has 3 aromatic heterocycles. The first-order valence-corrected chi connectivity index (χ1v) is 24.6. The van der Waals surface area contributed by atoms with E-state index in [1.807, 2.05) is 0 Å². The van der Waals surface area contributed by atoms with Gasteiger partial charge in [-0.2, -0.15) is 0 Å². The Morgan fingerprint density at radius 2 is 0.786 bits per heavy atom. The lowest BCUT2D eigenvalue weighted by atomic mass is 9.65. The Hall–Kier alpha value is -8.92. The molecule has 1 spiro atoms. The van der Waals surface area contributed by atoms with Crippen molar-refractivity contribution in [2.24, 2.45) is 5.92 Å². The van der Waals surface area contributed by atoms with E-state index < -0.39 is 0 Å². The predicted octanol–water partition coefficient (Wildman–Crippen LogP) is 14.8. The molecule has 10 aromatic carbocycles. The molecule has 0 fully saturated rings. The van der Waals surface area contributed by atoms with E-state index in [0.29, 0.717) is 0 Å². The summed E-state index contributed by atoms with van der Waals surface area (Å²) in [5, 5.41) is 8.84. The zero-order valence-electron chi connectivity index (χ0n) is 38.2. The second-order valence-corrected chi connectivity index (χ2v) is 19.5. The van der Waals surface area contributed by atoms with Crippen LogP contribution in [-0.2, 0) is 5.41 Å². The Labute approximate surface area is 404 Å². The first-order chi connectivity index (χ1) is 34.7. The summed E-state index contributed by atoms with van der Waals surface area (Å²) in [5.74, 6) is 0.329. The highest BCUT2D eigenvalue weighted by Gasteiger charge is 2.57. The van der Waals surface area contributed by atoms with Crippen molar-refractivity contribution in [3.05, 3.63) is 269 Å². The van der Waals surface area contributed by atoms with E-state index in [-0.39, 0.29) is 17.3 Å². The van der Waals surface area contributed by atoms with Gasteiger partial charge >= 0.3 is 0 Å². The summed E-state index contributed by atoms with van der Waals surface area (Å²) in [6.07, 6.45) is 5.33. The Bertz CT molecular complexity index is 4440. The molecule has 2 unspecified atom stereocenters. The van der Waals surface area contributed by atoms with Gasteiger partial charge in [-0.3, -0.25) is 0 Å². The summed E-state index contributed by atoms with van der Waals surface area (Å²) >= 11 is 0. The fourth-order valence-electron chi connectivity index (χ4n) is 13.6. The number of para-hydroxylation sites is 4. The third-order valence-corrected chi connectivity index (χ3v) is 16.3. The van der Waals surface area contributed by atoms with Gasteiger partial charge in [0.15, 0.2) is 0 Å². The number of benzene rings is 10. The minimum absolute atomic E-state index is 0.151. The molecule has 3 aliphatic carbocycles. The summed E-state index contributed by atoms with van der Waals surface area (Å²) < 4.78 is 7.39. The molecule has 2 atom stereocenters. The maximum Gasteiger partial charge on any atom is 0.0542 e. The molecule has 3 nitrogen and oxygen atoms in total. The van der Waals surface area contributed by atoms with E-state index in [1.165, 1.54) is 115 Å². The number of hydrogen-bond acceptors (Lipinski definition) is 0. The van der Waals surface area contributed by atoms with Crippen LogP contribution in [0.3, 0.4) is 0 Å². The Morgan fingerprint density at radius 1 is 0.314 bits per heavy atom. The van der Waals surface area contributed by atoms with Gasteiger partial charge < -0.3 is 13.7 Å². The summed E-state index contributed by atoms with van der Waals surface area (Å²) in [6, 6.07) is 88.4. The second-order valence-electron chi connectivity index (χ2n) is 19.5. The van der Waals surface area contributed by atoms with Crippen LogP contribution in [0.15, 0.2) is 237 Å². The molecule has 70 heavy (non-hydrogen) atoms. The average Bonchev–Trinajstić information content (AvgIpc) is 4.20. The van der Waals surface area contributed by atoms with Gasteiger partial charge in [0.25, 0.3) is 0 Å². The molecule has 3 heterocycles. The molecular weight excluding hydrogens is 847 g/mol. The van der Waals surface area contributed by atoms with E-state index in [9.17, 15) is 0 Å². The van der Waals surface area contributed by atoms with Gasteiger partial charge in [-0.15, -0.1) is 0 Å². The highest BCUT2D eigenvalue weighted by molar-refractivity contribution is 6.12. The van der Waals surface area contributed by atoms with Crippen LogP contribution in [0.2, 0.25) is 0 Å².